The van der Waals surface area contributed by atoms with Crippen LogP contribution in [0, 0.1) is 5.41 Å². The smallest absolute Gasteiger partial charge is 0.243 e. The normalized spacial score (nSPS) is 26.5. The van der Waals surface area contributed by atoms with Crippen molar-refractivity contribution in [2.45, 2.75) is 39.4 Å². The second-order valence-corrected chi connectivity index (χ2v) is 6.95. The van der Waals surface area contributed by atoms with Crippen LogP contribution in [-0.4, -0.2) is 30.0 Å². The van der Waals surface area contributed by atoms with E-state index in [4.69, 9.17) is 21.7 Å². The predicted octanol–water partition coefficient (Wildman–Crippen LogP) is 2.57. The van der Waals surface area contributed by atoms with Gasteiger partial charge in [-0.2, -0.15) is 0 Å². The van der Waals surface area contributed by atoms with Gasteiger partial charge in [-0.05, 0) is 37.7 Å². The molecule has 132 valence electrons. The van der Waals surface area contributed by atoms with E-state index in [1.807, 2.05) is 30.3 Å². The molecule has 1 saturated heterocycles. The summed E-state index contributed by atoms with van der Waals surface area (Å²) in [5, 5.41) is 3.28. The fourth-order valence-electron chi connectivity index (χ4n) is 2.19. The van der Waals surface area contributed by atoms with Crippen LogP contribution in [0.2, 0.25) is 0 Å². The Labute approximate surface area is 148 Å². The van der Waals surface area contributed by atoms with E-state index in [2.05, 4.69) is 30.0 Å². The molecule has 1 aromatic carbocycles. The van der Waals surface area contributed by atoms with Gasteiger partial charge in [-0.15, -0.1) is 0 Å². The first-order valence-corrected chi connectivity index (χ1v) is 8.44. The Balaban J connectivity index is 1.74. The number of thiocarbonyl (C=S) groups is 1. The summed E-state index contributed by atoms with van der Waals surface area (Å²) in [6, 6.07) is 9.47. The number of para-hydroxylation sites is 1. The van der Waals surface area contributed by atoms with Crippen LogP contribution < -0.4 is 16.2 Å². The molecule has 0 atom stereocenters. The van der Waals surface area contributed by atoms with E-state index in [0.717, 1.165) is 12.1 Å². The minimum absolute atomic E-state index is 0.00933. The molecule has 3 N–H and O–H groups in total. The highest BCUT2D eigenvalue weighted by Gasteiger charge is 2.39. The molecule has 6 nitrogen and oxygen atoms in total. The Hall–Kier alpha value is -1.70. The number of hydrogen-bond acceptors (Lipinski definition) is 4. The summed E-state index contributed by atoms with van der Waals surface area (Å²) in [6.45, 7) is 7.15. The number of ether oxygens (including phenoxy) is 2. The molecule has 0 bridgehead atoms. The van der Waals surface area contributed by atoms with Crippen molar-refractivity contribution in [3.63, 3.8) is 0 Å². The lowest BCUT2D eigenvalue weighted by atomic mass is 9.88. The zero-order valence-electron chi connectivity index (χ0n) is 14.3. The molecule has 24 heavy (non-hydrogen) atoms. The largest absolute Gasteiger partial charge is 0.349 e. The maximum atomic E-state index is 12.1. The van der Waals surface area contributed by atoms with Crippen LogP contribution >= 0.6 is 12.2 Å². The first-order valence-electron chi connectivity index (χ1n) is 8.03. The molecule has 1 aromatic rings. The molecule has 0 radical (unpaired) electrons. The molecule has 0 spiro atoms. The van der Waals surface area contributed by atoms with Gasteiger partial charge < -0.3 is 14.8 Å². The fraction of sp³-hybridized carbons (Fsp3) is 0.529. The van der Waals surface area contributed by atoms with Crippen LogP contribution in [0.5, 0.6) is 0 Å². The average Bonchev–Trinajstić information content (AvgIpc) is 2.57. The summed E-state index contributed by atoms with van der Waals surface area (Å²) in [4.78, 5) is 12.1. The van der Waals surface area contributed by atoms with E-state index in [1.54, 1.807) is 6.92 Å². The molecule has 1 amide bonds. The lowest BCUT2D eigenvalue weighted by Crippen LogP contribution is -2.51. The summed E-state index contributed by atoms with van der Waals surface area (Å²) < 4.78 is 11.6. The van der Waals surface area contributed by atoms with Crippen molar-refractivity contribution in [3.8, 4) is 0 Å². The van der Waals surface area contributed by atoms with Crippen LogP contribution in [0.4, 0.5) is 5.69 Å². The second kappa shape index (κ2) is 7.92. The third-order valence-corrected chi connectivity index (χ3v) is 4.34. The molecule has 0 aromatic heterocycles. The van der Waals surface area contributed by atoms with Gasteiger partial charge in [0, 0.05) is 11.1 Å². The molecule has 1 aliphatic heterocycles. The van der Waals surface area contributed by atoms with Crippen molar-refractivity contribution in [1.82, 2.24) is 10.9 Å². The van der Waals surface area contributed by atoms with E-state index in [1.165, 1.54) is 0 Å². The molecule has 7 heteroatoms. The van der Waals surface area contributed by atoms with Crippen LogP contribution in [0.3, 0.4) is 0 Å². The molecule has 2 rings (SSSR count). The Morgan fingerprint density at radius 2 is 1.79 bits per heavy atom. The third-order valence-electron chi connectivity index (χ3n) is 4.13. The second-order valence-electron chi connectivity index (χ2n) is 6.55. The lowest BCUT2D eigenvalue weighted by molar-refractivity contribution is -0.292. The predicted molar refractivity (Wildman–Crippen MR) is 97.3 cm³/mol. The summed E-state index contributed by atoms with van der Waals surface area (Å²) in [5.41, 5.74) is 6.08. The number of hydrazine groups is 1. The Bertz CT molecular complexity index is 572. The van der Waals surface area contributed by atoms with Crippen LogP contribution in [-0.2, 0) is 14.3 Å². The van der Waals surface area contributed by atoms with Gasteiger partial charge in [0.1, 0.15) is 0 Å². The maximum absolute atomic E-state index is 12.1. The first-order chi connectivity index (χ1) is 11.3. The van der Waals surface area contributed by atoms with Crippen molar-refractivity contribution in [3.05, 3.63) is 30.3 Å². The minimum Gasteiger partial charge on any atom is -0.349 e. The zero-order valence-corrected chi connectivity index (χ0v) is 15.2. The third kappa shape index (κ3) is 5.43. The van der Waals surface area contributed by atoms with Gasteiger partial charge in [0.2, 0.25) is 5.91 Å². The molecule has 0 unspecified atom stereocenters. The number of benzene rings is 1. The van der Waals surface area contributed by atoms with E-state index < -0.39 is 5.79 Å². The zero-order chi connectivity index (χ0) is 17.6. The maximum Gasteiger partial charge on any atom is 0.243 e. The van der Waals surface area contributed by atoms with Gasteiger partial charge in [-0.1, -0.05) is 32.0 Å². The average molecular weight is 351 g/mol. The minimum atomic E-state index is -0.908. The van der Waals surface area contributed by atoms with Gasteiger partial charge in [0.25, 0.3) is 0 Å². The van der Waals surface area contributed by atoms with Crippen LogP contribution in [0.25, 0.3) is 0 Å². The fourth-order valence-corrected chi connectivity index (χ4v) is 2.36. The standard InChI is InChI=1S/C17H25N3O3S/c1-4-16(2)11-22-17(3,23-12-16)10-14(21)19-20-15(24)18-13-8-6-5-7-9-13/h5-9H,4,10-12H2,1-3H3,(H,19,21)(H2,18,20,24). The Kier molecular flexibility index (Phi) is 6.15. The summed E-state index contributed by atoms with van der Waals surface area (Å²) in [5.74, 6) is -1.16. The molecule has 1 fully saturated rings. The highest BCUT2D eigenvalue weighted by molar-refractivity contribution is 7.80. The van der Waals surface area contributed by atoms with Gasteiger partial charge in [-0.3, -0.25) is 15.6 Å². The van der Waals surface area contributed by atoms with Crippen molar-refractivity contribution >= 4 is 28.9 Å². The highest BCUT2D eigenvalue weighted by Crippen LogP contribution is 2.33. The van der Waals surface area contributed by atoms with Gasteiger partial charge >= 0.3 is 0 Å². The number of anilines is 1. The number of nitrogens with one attached hydrogen (secondary N) is 3. The highest BCUT2D eigenvalue weighted by atomic mass is 32.1. The van der Waals surface area contributed by atoms with E-state index in [0.29, 0.717) is 18.3 Å². The quantitative estimate of drug-likeness (QED) is 0.572. The van der Waals surface area contributed by atoms with Crippen LogP contribution in [0.15, 0.2) is 30.3 Å². The molecule has 0 saturated carbocycles. The topological polar surface area (TPSA) is 71.6 Å². The number of amides is 1. The van der Waals surface area contributed by atoms with Gasteiger partial charge in [0.15, 0.2) is 10.9 Å². The SMILES string of the molecule is CCC1(C)COC(C)(CC(=O)NNC(=S)Nc2ccccc2)OC1. The number of carbonyl (C=O) groups excluding carboxylic acids is 1. The van der Waals surface area contributed by atoms with E-state index in [-0.39, 0.29) is 17.7 Å². The molecule has 1 aliphatic rings. The van der Waals surface area contributed by atoms with Crippen LogP contribution in [0.1, 0.15) is 33.6 Å². The lowest BCUT2D eigenvalue weighted by Gasteiger charge is -2.42. The molecule has 1 heterocycles. The number of rotatable bonds is 4. The first kappa shape index (κ1) is 18.6. The Morgan fingerprint density at radius 1 is 1.17 bits per heavy atom. The summed E-state index contributed by atoms with van der Waals surface area (Å²) >= 11 is 5.13. The summed E-state index contributed by atoms with van der Waals surface area (Å²) in [6.07, 6.45) is 1.06. The number of carbonyl (C=O) groups is 1. The Morgan fingerprint density at radius 3 is 2.38 bits per heavy atom. The molecule has 0 aliphatic carbocycles. The summed E-state index contributed by atoms with van der Waals surface area (Å²) in [7, 11) is 0. The van der Waals surface area contributed by atoms with Gasteiger partial charge in [0.05, 0.1) is 19.6 Å². The monoisotopic (exact) mass is 351 g/mol. The van der Waals surface area contributed by atoms with Crippen molar-refractivity contribution in [1.29, 1.82) is 0 Å². The van der Waals surface area contributed by atoms with Crippen molar-refractivity contribution in [2.24, 2.45) is 5.41 Å². The van der Waals surface area contributed by atoms with Crippen molar-refractivity contribution in [2.75, 3.05) is 18.5 Å². The molecular weight excluding hydrogens is 326 g/mol. The van der Waals surface area contributed by atoms with E-state index in [9.17, 15) is 4.79 Å². The number of hydrogen-bond donors (Lipinski definition) is 3. The van der Waals surface area contributed by atoms with E-state index >= 15 is 0 Å². The molecular formula is C17H25N3O3S. The van der Waals surface area contributed by atoms with Gasteiger partial charge in [-0.25, -0.2) is 0 Å². The van der Waals surface area contributed by atoms with Crippen molar-refractivity contribution < 1.29 is 14.3 Å².